The largest absolute Gasteiger partial charge is 0.380 e. The molecule has 1 aliphatic heterocycles. The molecule has 6 heteroatoms. The molecule has 0 bridgehead atoms. The Morgan fingerprint density at radius 3 is 2.85 bits per heavy atom. The first-order chi connectivity index (χ1) is 12.8. The van der Waals surface area contributed by atoms with Gasteiger partial charge in [0.2, 0.25) is 0 Å². The van der Waals surface area contributed by atoms with Crippen LogP contribution in [0.25, 0.3) is 5.65 Å². The van der Waals surface area contributed by atoms with E-state index in [2.05, 4.69) is 51.3 Å². The van der Waals surface area contributed by atoms with Crippen molar-refractivity contribution in [3.8, 4) is 0 Å². The van der Waals surface area contributed by atoms with Gasteiger partial charge in [0.1, 0.15) is 0 Å². The standard InChI is InChI=1S/C20H25N5O/c1-3-15-6-4-5-7-16(15)8-10-24-14-17(26-2)12-18(24)20-23-22-19-13-21-9-11-25(19)20/h4-7,9,11,13,17-18H,3,8,10,12,14H2,1-2H3/t17-,18+/m1/s1. The molecule has 3 heterocycles. The summed E-state index contributed by atoms with van der Waals surface area (Å²) in [6.45, 7) is 4.13. The fourth-order valence-corrected chi connectivity index (χ4v) is 3.96. The Bertz CT molecular complexity index is 877. The molecule has 0 radical (unpaired) electrons. The van der Waals surface area contributed by atoms with E-state index in [4.69, 9.17) is 4.74 Å². The molecule has 0 aliphatic carbocycles. The molecule has 136 valence electrons. The zero-order chi connectivity index (χ0) is 17.9. The number of methoxy groups -OCH3 is 1. The molecule has 2 atom stereocenters. The van der Waals surface area contributed by atoms with Gasteiger partial charge < -0.3 is 4.74 Å². The van der Waals surface area contributed by atoms with Gasteiger partial charge in [-0.15, -0.1) is 10.2 Å². The van der Waals surface area contributed by atoms with Gasteiger partial charge in [-0.25, -0.2) is 0 Å². The molecular formula is C20H25N5O. The van der Waals surface area contributed by atoms with Crippen molar-refractivity contribution in [1.82, 2.24) is 24.5 Å². The fraction of sp³-hybridized carbons (Fsp3) is 0.450. The van der Waals surface area contributed by atoms with Crippen LogP contribution in [0.4, 0.5) is 0 Å². The van der Waals surface area contributed by atoms with Crippen LogP contribution < -0.4 is 0 Å². The minimum Gasteiger partial charge on any atom is -0.380 e. The molecule has 0 N–H and O–H groups in total. The summed E-state index contributed by atoms with van der Waals surface area (Å²) >= 11 is 0. The van der Waals surface area contributed by atoms with Gasteiger partial charge in [0.25, 0.3) is 0 Å². The summed E-state index contributed by atoms with van der Waals surface area (Å²) in [5.41, 5.74) is 3.66. The summed E-state index contributed by atoms with van der Waals surface area (Å²) in [6.07, 6.45) is 8.75. The van der Waals surface area contributed by atoms with Crippen LogP contribution in [0.15, 0.2) is 42.9 Å². The van der Waals surface area contributed by atoms with E-state index in [0.29, 0.717) is 0 Å². The van der Waals surface area contributed by atoms with Crippen LogP contribution in [-0.4, -0.2) is 50.8 Å². The van der Waals surface area contributed by atoms with Crippen molar-refractivity contribution in [2.45, 2.75) is 38.3 Å². The second-order valence-corrected chi connectivity index (χ2v) is 6.84. The average Bonchev–Trinajstić information content (AvgIpc) is 3.30. The lowest BCUT2D eigenvalue weighted by molar-refractivity contribution is 0.108. The van der Waals surface area contributed by atoms with E-state index >= 15 is 0 Å². The summed E-state index contributed by atoms with van der Waals surface area (Å²) in [6, 6.07) is 8.95. The van der Waals surface area contributed by atoms with E-state index in [1.807, 2.05) is 10.6 Å². The molecule has 4 rings (SSSR count). The van der Waals surface area contributed by atoms with Crippen molar-refractivity contribution in [1.29, 1.82) is 0 Å². The van der Waals surface area contributed by atoms with Crippen LogP contribution in [0.1, 0.15) is 36.3 Å². The molecule has 0 spiro atoms. The molecule has 1 aliphatic rings. The van der Waals surface area contributed by atoms with Gasteiger partial charge in [0.15, 0.2) is 11.5 Å². The number of ether oxygens (including phenoxy) is 1. The highest BCUT2D eigenvalue weighted by molar-refractivity contribution is 5.34. The number of aryl methyl sites for hydroxylation is 1. The van der Waals surface area contributed by atoms with Gasteiger partial charge in [-0.3, -0.25) is 14.3 Å². The SMILES string of the molecule is CCc1ccccc1CCN1C[C@H](OC)C[C@H]1c1nnc2cnccn12. The first-order valence-electron chi connectivity index (χ1n) is 9.28. The van der Waals surface area contributed by atoms with E-state index in [1.165, 1.54) is 11.1 Å². The van der Waals surface area contributed by atoms with Gasteiger partial charge in [0, 0.05) is 32.6 Å². The van der Waals surface area contributed by atoms with E-state index in [9.17, 15) is 0 Å². The molecule has 0 unspecified atom stereocenters. The monoisotopic (exact) mass is 351 g/mol. The van der Waals surface area contributed by atoms with Crippen LogP contribution in [-0.2, 0) is 17.6 Å². The lowest BCUT2D eigenvalue weighted by Crippen LogP contribution is -2.28. The van der Waals surface area contributed by atoms with E-state index in [0.717, 1.165) is 43.8 Å². The number of nitrogens with zero attached hydrogens (tertiary/aromatic N) is 5. The molecular weight excluding hydrogens is 326 g/mol. The zero-order valence-electron chi connectivity index (χ0n) is 15.4. The molecule has 3 aromatic rings. The molecule has 1 fully saturated rings. The first-order valence-corrected chi connectivity index (χ1v) is 9.28. The topological polar surface area (TPSA) is 55.5 Å². The summed E-state index contributed by atoms with van der Waals surface area (Å²) in [5, 5.41) is 8.74. The second kappa shape index (κ2) is 7.51. The Balaban J connectivity index is 1.57. The van der Waals surface area contributed by atoms with Crippen molar-refractivity contribution in [3.05, 3.63) is 59.8 Å². The Morgan fingerprint density at radius 1 is 1.19 bits per heavy atom. The van der Waals surface area contributed by atoms with Gasteiger partial charge in [-0.1, -0.05) is 31.2 Å². The van der Waals surface area contributed by atoms with Crippen LogP contribution in [0, 0.1) is 0 Å². The zero-order valence-corrected chi connectivity index (χ0v) is 15.4. The Kier molecular flexibility index (Phi) is 4.95. The first kappa shape index (κ1) is 17.1. The molecule has 0 saturated carbocycles. The summed E-state index contributed by atoms with van der Waals surface area (Å²) in [4.78, 5) is 6.62. The quantitative estimate of drug-likeness (QED) is 0.683. The van der Waals surface area contributed by atoms with Crippen LogP contribution in [0.3, 0.4) is 0 Å². The van der Waals surface area contributed by atoms with Gasteiger partial charge in [-0.05, 0) is 30.4 Å². The molecule has 1 aromatic carbocycles. The summed E-state index contributed by atoms with van der Waals surface area (Å²) in [5.74, 6) is 0.978. The third-order valence-electron chi connectivity index (χ3n) is 5.40. The normalized spacial score (nSPS) is 20.8. The van der Waals surface area contributed by atoms with Crippen molar-refractivity contribution in [2.24, 2.45) is 0 Å². The predicted molar refractivity (Wildman–Crippen MR) is 100 cm³/mol. The van der Waals surface area contributed by atoms with Crippen LogP contribution >= 0.6 is 0 Å². The molecule has 0 amide bonds. The third-order valence-corrected chi connectivity index (χ3v) is 5.40. The predicted octanol–water partition coefficient (Wildman–Crippen LogP) is 2.69. The average molecular weight is 351 g/mol. The van der Waals surface area contributed by atoms with Crippen LogP contribution in [0.2, 0.25) is 0 Å². The fourth-order valence-electron chi connectivity index (χ4n) is 3.96. The van der Waals surface area contributed by atoms with E-state index in [1.54, 1.807) is 19.5 Å². The van der Waals surface area contributed by atoms with Gasteiger partial charge in [-0.2, -0.15) is 0 Å². The molecule has 1 saturated heterocycles. The number of rotatable bonds is 6. The minimum absolute atomic E-state index is 0.214. The van der Waals surface area contributed by atoms with Gasteiger partial charge in [0.05, 0.1) is 18.3 Å². The van der Waals surface area contributed by atoms with E-state index in [-0.39, 0.29) is 12.1 Å². The van der Waals surface area contributed by atoms with E-state index < -0.39 is 0 Å². The summed E-state index contributed by atoms with van der Waals surface area (Å²) in [7, 11) is 1.80. The molecule has 26 heavy (non-hydrogen) atoms. The van der Waals surface area contributed by atoms with Crippen molar-refractivity contribution in [2.75, 3.05) is 20.2 Å². The number of hydrogen-bond acceptors (Lipinski definition) is 5. The molecule has 2 aromatic heterocycles. The highest BCUT2D eigenvalue weighted by Gasteiger charge is 2.35. The Labute approximate surface area is 153 Å². The third kappa shape index (κ3) is 3.22. The highest BCUT2D eigenvalue weighted by Crippen LogP contribution is 2.32. The molecule has 6 nitrogen and oxygen atoms in total. The van der Waals surface area contributed by atoms with Crippen molar-refractivity contribution >= 4 is 5.65 Å². The summed E-state index contributed by atoms with van der Waals surface area (Å²) < 4.78 is 7.71. The maximum atomic E-state index is 5.67. The lowest BCUT2D eigenvalue weighted by atomic mass is 10.0. The maximum Gasteiger partial charge on any atom is 0.179 e. The smallest absolute Gasteiger partial charge is 0.179 e. The maximum absolute atomic E-state index is 5.67. The number of fused-ring (bicyclic) bond motifs is 1. The Hall–Kier alpha value is -2.31. The highest BCUT2D eigenvalue weighted by atomic mass is 16.5. The van der Waals surface area contributed by atoms with Crippen molar-refractivity contribution < 1.29 is 4.74 Å². The number of hydrogen-bond donors (Lipinski definition) is 0. The lowest BCUT2D eigenvalue weighted by Gasteiger charge is -2.23. The number of aromatic nitrogens is 4. The van der Waals surface area contributed by atoms with Crippen molar-refractivity contribution in [3.63, 3.8) is 0 Å². The number of benzene rings is 1. The minimum atomic E-state index is 0.214. The second-order valence-electron chi connectivity index (χ2n) is 6.84. The van der Waals surface area contributed by atoms with Crippen LogP contribution in [0.5, 0.6) is 0 Å². The van der Waals surface area contributed by atoms with Gasteiger partial charge >= 0.3 is 0 Å². The number of likely N-dealkylation sites (tertiary alicyclic amines) is 1. The Morgan fingerprint density at radius 2 is 2.04 bits per heavy atom.